The number of aliphatic carboxylic acids is 1. The standard InChI is InChI=1S/C17H24O4/c1-9-5-6-13(7-11(3)17(19)20)15-10(2)8-14(16(9)15)21-12(4)18/h7,9,13-14,16H,5-6,8H2,1-4H3,(H,19,20)/b11-7+/t9-,13+,14?,16+/m1/s1. The number of ether oxygens (including phenoxy) is 1. The number of hydrogen-bond donors (Lipinski definition) is 1. The van der Waals surface area contributed by atoms with Crippen molar-refractivity contribution in [3.05, 3.63) is 22.8 Å². The van der Waals surface area contributed by atoms with Crippen molar-refractivity contribution < 1.29 is 19.4 Å². The Morgan fingerprint density at radius 1 is 1.29 bits per heavy atom. The van der Waals surface area contributed by atoms with Gasteiger partial charge < -0.3 is 9.84 Å². The third-order valence-electron chi connectivity index (χ3n) is 4.81. The van der Waals surface area contributed by atoms with E-state index in [9.17, 15) is 9.59 Å². The molecule has 1 N–H and O–H groups in total. The third kappa shape index (κ3) is 3.20. The number of carboxylic acid groups (broad SMARTS) is 1. The van der Waals surface area contributed by atoms with Crippen LogP contribution in [0.1, 0.15) is 47.0 Å². The fourth-order valence-corrected chi connectivity index (χ4v) is 3.92. The summed E-state index contributed by atoms with van der Waals surface area (Å²) in [4.78, 5) is 22.4. The first-order valence-electron chi connectivity index (χ1n) is 7.59. The van der Waals surface area contributed by atoms with Crippen LogP contribution in [0.5, 0.6) is 0 Å². The van der Waals surface area contributed by atoms with Crippen molar-refractivity contribution in [1.29, 1.82) is 0 Å². The number of rotatable bonds is 3. The van der Waals surface area contributed by atoms with Crippen LogP contribution >= 0.6 is 0 Å². The summed E-state index contributed by atoms with van der Waals surface area (Å²) in [5.74, 6) is -0.219. The van der Waals surface area contributed by atoms with Crippen LogP contribution in [-0.4, -0.2) is 23.1 Å². The number of carboxylic acids is 1. The molecule has 1 saturated carbocycles. The van der Waals surface area contributed by atoms with Gasteiger partial charge in [0.15, 0.2) is 0 Å². The van der Waals surface area contributed by atoms with Gasteiger partial charge in [-0.1, -0.05) is 24.1 Å². The Bertz CT molecular complexity index is 515. The first-order valence-corrected chi connectivity index (χ1v) is 7.59. The molecule has 2 aliphatic rings. The number of hydrogen-bond acceptors (Lipinski definition) is 3. The lowest BCUT2D eigenvalue weighted by Gasteiger charge is -2.36. The SMILES string of the molecule is CC(=O)OC1CC(C)=C2[C@H](/C=C(\C)C(=O)O)CC[C@@H](C)[C@H]21. The minimum Gasteiger partial charge on any atom is -0.478 e. The number of allylic oxidation sites excluding steroid dienone is 1. The molecule has 2 rings (SSSR count). The van der Waals surface area contributed by atoms with Crippen molar-refractivity contribution in [3.8, 4) is 0 Å². The van der Waals surface area contributed by atoms with Gasteiger partial charge in [-0.2, -0.15) is 0 Å². The van der Waals surface area contributed by atoms with Crippen LogP contribution in [0.4, 0.5) is 0 Å². The quantitative estimate of drug-likeness (QED) is 0.492. The molecule has 0 heterocycles. The molecule has 0 aromatic heterocycles. The molecule has 0 saturated heterocycles. The summed E-state index contributed by atoms with van der Waals surface area (Å²) in [6, 6.07) is 0. The highest BCUT2D eigenvalue weighted by Crippen LogP contribution is 2.49. The van der Waals surface area contributed by atoms with Crippen LogP contribution in [0.2, 0.25) is 0 Å². The Hall–Kier alpha value is -1.58. The molecule has 1 fully saturated rings. The van der Waals surface area contributed by atoms with Gasteiger partial charge in [0.25, 0.3) is 0 Å². The van der Waals surface area contributed by atoms with Crippen molar-refractivity contribution in [2.24, 2.45) is 17.8 Å². The van der Waals surface area contributed by atoms with E-state index in [0.717, 1.165) is 19.3 Å². The molecule has 4 atom stereocenters. The Morgan fingerprint density at radius 2 is 1.95 bits per heavy atom. The normalized spacial score (nSPS) is 32.9. The second-order valence-electron chi connectivity index (χ2n) is 6.43. The van der Waals surface area contributed by atoms with Crippen LogP contribution in [0.3, 0.4) is 0 Å². The number of fused-ring (bicyclic) bond motifs is 1. The summed E-state index contributed by atoms with van der Waals surface area (Å²) in [5, 5.41) is 9.09. The van der Waals surface area contributed by atoms with Gasteiger partial charge in [-0.05, 0) is 38.5 Å². The lowest BCUT2D eigenvalue weighted by atomic mass is 9.70. The Morgan fingerprint density at radius 3 is 2.52 bits per heavy atom. The Labute approximate surface area is 125 Å². The van der Waals surface area contributed by atoms with Gasteiger partial charge in [0, 0.05) is 24.8 Å². The molecule has 1 unspecified atom stereocenters. The van der Waals surface area contributed by atoms with Gasteiger partial charge in [-0.25, -0.2) is 4.79 Å². The topological polar surface area (TPSA) is 63.6 Å². The highest BCUT2D eigenvalue weighted by Gasteiger charge is 2.43. The molecule has 0 aromatic carbocycles. The molecule has 0 bridgehead atoms. The fraction of sp³-hybridized carbons (Fsp3) is 0.647. The highest BCUT2D eigenvalue weighted by atomic mass is 16.5. The first-order chi connectivity index (χ1) is 9.81. The molecule has 4 nitrogen and oxygen atoms in total. The molecular formula is C17H24O4. The lowest BCUT2D eigenvalue weighted by Crippen LogP contribution is -2.33. The van der Waals surface area contributed by atoms with Crippen molar-refractivity contribution in [3.63, 3.8) is 0 Å². The van der Waals surface area contributed by atoms with Crippen LogP contribution < -0.4 is 0 Å². The predicted molar refractivity (Wildman–Crippen MR) is 79.6 cm³/mol. The lowest BCUT2D eigenvalue weighted by molar-refractivity contribution is -0.148. The van der Waals surface area contributed by atoms with Crippen LogP contribution in [0.15, 0.2) is 22.8 Å². The fourth-order valence-electron chi connectivity index (χ4n) is 3.92. The van der Waals surface area contributed by atoms with Crippen molar-refractivity contribution >= 4 is 11.9 Å². The molecular weight excluding hydrogens is 268 g/mol. The minimum absolute atomic E-state index is 0.0752. The number of carbonyl (C=O) groups is 2. The summed E-state index contributed by atoms with van der Waals surface area (Å²) in [7, 11) is 0. The summed E-state index contributed by atoms with van der Waals surface area (Å²) in [6.45, 7) is 7.38. The van der Waals surface area contributed by atoms with Crippen molar-refractivity contribution in [1.82, 2.24) is 0 Å². The summed E-state index contributed by atoms with van der Waals surface area (Å²) >= 11 is 0. The van der Waals surface area contributed by atoms with Gasteiger partial charge in [-0.3, -0.25) is 4.79 Å². The maximum Gasteiger partial charge on any atom is 0.330 e. The van der Waals surface area contributed by atoms with Gasteiger partial charge in [0.05, 0.1) is 0 Å². The average Bonchev–Trinajstić information content (AvgIpc) is 2.69. The van der Waals surface area contributed by atoms with E-state index in [1.165, 1.54) is 18.1 Å². The van der Waals surface area contributed by atoms with Crippen LogP contribution in [-0.2, 0) is 14.3 Å². The first kappa shape index (κ1) is 15.8. The largest absolute Gasteiger partial charge is 0.478 e. The van der Waals surface area contributed by atoms with E-state index in [0.29, 0.717) is 11.5 Å². The molecule has 21 heavy (non-hydrogen) atoms. The number of esters is 1. The zero-order valence-corrected chi connectivity index (χ0v) is 13.2. The third-order valence-corrected chi connectivity index (χ3v) is 4.81. The van der Waals surface area contributed by atoms with Crippen molar-refractivity contribution in [2.45, 2.75) is 53.1 Å². The van der Waals surface area contributed by atoms with E-state index in [-0.39, 0.29) is 23.9 Å². The van der Waals surface area contributed by atoms with Gasteiger partial charge in [0.1, 0.15) is 6.10 Å². The second-order valence-corrected chi connectivity index (χ2v) is 6.43. The maximum atomic E-state index is 11.3. The Kier molecular flexibility index (Phi) is 4.55. The zero-order valence-electron chi connectivity index (χ0n) is 13.2. The van der Waals surface area contributed by atoms with E-state index in [1.54, 1.807) is 6.92 Å². The summed E-state index contributed by atoms with van der Waals surface area (Å²) < 4.78 is 5.50. The monoisotopic (exact) mass is 292 g/mol. The molecule has 0 spiro atoms. The Balaban J connectivity index is 2.29. The maximum absolute atomic E-state index is 11.3. The van der Waals surface area contributed by atoms with Gasteiger partial charge in [0.2, 0.25) is 0 Å². The molecule has 2 aliphatic carbocycles. The van der Waals surface area contributed by atoms with E-state index in [1.807, 2.05) is 6.08 Å². The average molecular weight is 292 g/mol. The second kappa shape index (κ2) is 6.04. The van der Waals surface area contributed by atoms with E-state index in [4.69, 9.17) is 9.84 Å². The molecule has 116 valence electrons. The number of carbonyl (C=O) groups excluding carboxylic acids is 1. The van der Waals surface area contributed by atoms with Gasteiger partial charge >= 0.3 is 11.9 Å². The predicted octanol–water partition coefficient (Wildman–Crippen LogP) is 3.33. The smallest absolute Gasteiger partial charge is 0.330 e. The van der Waals surface area contributed by atoms with E-state index in [2.05, 4.69) is 13.8 Å². The van der Waals surface area contributed by atoms with Crippen LogP contribution in [0.25, 0.3) is 0 Å². The summed E-state index contributed by atoms with van der Waals surface area (Å²) in [5.41, 5.74) is 2.96. The molecule has 0 aromatic rings. The van der Waals surface area contributed by atoms with E-state index < -0.39 is 5.97 Å². The van der Waals surface area contributed by atoms with Gasteiger partial charge in [-0.15, -0.1) is 0 Å². The molecule has 4 heteroatoms. The molecule has 0 amide bonds. The minimum atomic E-state index is -0.863. The molecule has 0 aliphatic heterocycles. The van der Waals surface area contributed by atoms with Crippen LogP contribution in [0, 0.1) is 17.8 Å². The zero-order chi connectivity index (χ0) is 15.7. The van der Waals surface area contributed by atoms with Crippen molar-refractivity contribution in [2.75, 3.05) is 0 Å². The highest BCUT2D eigenvalue weighted by molar-refractivity contribution is 5.85. The molecule has 0 radical (unpaired) electrons. The van der Waals surface area contributed by atoms with E-state index >= 15 is 0 Å². The summed E-state index contributed by atoms with van der Waals surface area (Å²) in [6.07, 6.45) is 4.58.